The lowest BCUT2D eigenvalue weighted by Crippen LogP contribution is -2.48. The zero-order chi connectivity index (χ0) is 19.0. The van der Waals surface area contributed by atoms with E-state index in [2.05, 4.69) is 10.6 Å². The first-order valence-corrected chi connectivity index (χ1v) is 10.6. The first-order chi connectivity index (χ1) is 12.9. The van der Waals surface area contributed by atoms with E-state index in [9.17, 15) is 9.59 Å². The van der Waals surface area contributed by atoms with Crippen LogP contribution in [0.25, 0.3) is 0 Å². The van der Waals surface area contributed by atoms with Gasteiger partial charge >= 0.3 is 0 Å². The molecular weight excluding hydrogens is 360 g/mol. The number of carbonyl (C=O) groups is 2. The van der Waals surface area contributed by atoms with E-state index < -0.39 is 0 Å². The number of halogens is 1. The number of carbonyl (C=O) groups excluding carboxylic acids is 2. The minimum absolute atomic E-state index is 0.0301. The summed E-state index contributed by atoms with van der Waals surface area (Å²) in [5.74, 6) is 2.38. The summed E-state index contributed by atoms with van der Waals surface area (Å²) in [6, 6.07) is 7.31. The monoisotopic (exact) mass is 388 g/mol. The molecule has 4 fully saturated rings. The Hall–Kier alpha value is -1.55. The fraction of sp³-hybridized carbons (Fsp3) is 0.636. The summed E-state index contributed by atoms with van der Waals surface area (Å²) >= 11 is 6.01. The highest BCUT2D eigenvalue weighted by molar-refractivity contribution is 6.30. The van der Waals surface area contributed by atoms with Gasteiger partial charge in [-0.2, -0.15) is 0 Å². The van der Waals surface area contributed by atoms with Crippen LogP contribution in [-0.2, 0) is 9.59 Å². The molecule has 0 aromatic heterocycles. The molecule has 4 nitrogen and oxygen atoms in total. The third-order valence-corrected chi connectivity index (χ3v) is 7.11. The number of benzene rings is 1. The van der Waals surface area contributed by atoms with Crippen LogP contribution in [0.1, 0.15) is 63.5 Å². The highest BCUT2D eigenvalue weighted by atomic mass is 35.5. The molecule has 4 saturated carbocycles. The molecule has 5 rings (SSSR count). The lowest BCUT2D eigenvalue weighted by Gasteiger charge is -2.56. The smallest absolute Gasteiger partial charge is 0.239 e. The van der Waals surface area contributed by atoms with E-state index in [0.717, 1.165) is 23.3 Å². The van der Waals surface area contributed by atoms with Gasteiger partial charge in [-0.3, -0.25) is 9.59 Å². The van der Waals surface area contributed by atoms with Gasteiger partial charge in [0.2, 0.25) is 11.8 Å². The van der Waals surface area contributed by atoms with Crippen LogP contribution in [0.3, 0.4) is 0 Å². The molecule has 4 aliphatic rings. The van der Waals surface area contributed by atoms with Crippen LogP contribution in [0.2, 0.25) is 5.02 Å². The van der Waals surface area contributed by atoms with Crippen molar-refractivity contribution in [1.29, 1.82) is 0 Å². The quantitative estimate of drug-likeness (QED) is 0.765. The average Bonchev–Trinajstić information content (AvgIpc) is 2.58. The molecule has 0 spiro atoms. The Labute approximate surface area is 166 Å². The molecule has 4 bridgehead atoms. The Balaban J connectivity index is 1.25. The summed E-state index contributed by atoms with van der Waals surface area (Å²) < 4.78 is 0. The molecule has 146 valence electrons. The van der Waals surface area contributed by atoms with Gasteiger partial charge in [0, 0.05) is 11.4 Å². The lowest BCUT2D eigenvalue weighted by atomic mass is 9.49. The van der Waals surface area contributed by atoms with Gasteiger partial charge in [0.15, 0.2) is 0 Å². The molecule has 1 aromatic carbocycles. The van der Waals surface area contributed by atoms with Gasteiger partial charge in [-0.25, -0.2) is 0 Å². The van der Waals surface area contributed by atoms with E-state index in [1.54, 1.807) is 0 Å². The summed E-state index contributed by atoms with van der Waals surface area (Å²) in [6.07, 6.45) is 8.37. The maximum absolute atomic E-state index is 12.5. The maximum atomic E-state index is 12.5. The van der Waals surface area contributed by atoms with Gasteiger partial charge in [-0.1, -0.05) is 23.7 Å². The Morgan fingerprint density at radius 1 is 1.11 bits per heavy atom. The van der Waals surface area contributed by atoms with Crippen molar-refractivity contribution in [1.82, 2.24) is 10.6 Å². The van der Waals surface area contributed by atoms with E-state index in [1.165, 1.54) is 38.5 Å². The van der Waals surface area contributed by atoms with Crippen molar-refractivity contribution in [2.45, 2.75) is 57.9 Å². The van der Waals surface area contributed by atoms with Gasteiger partial charge in [-0.05, 0) is 86.3 Å². The van der Waals surface area contributed by atoms with Gasteiger partial charge in [0.1, 0.15) is 0 Å². The summed E-state index contributed by atoms with van der Waals surface area (Å²) in [5.41, 5.74) is 1.17. The third kappa shape index (κ3) is 4.31. The van der Waals surface area contributed by atoms with E-state index in [-0.39, 0.29) is 29.8 Å². The fourth-order valence-electron chi connectivity index (χ4n) is 6.24. The number of hydrogen-bond donors (Lipinski definition) is 2. The van der Waals surface area contributed by atoms with Gasteiger partial charge in [-0.15, -0.1) is 0 Å². The minimum atomic E-state index is -0.165. The summed E-state index contributed by atoms with van der Waals surface area (Å²) in [5, 5.41) is 6.42. The van der Waals surface area contributed by atoms with Crippen LogP contribution in [0.5, 0.6) is 0 Å². The third-order valence-electron chi connectivity index (χ3n) is 6.87. The second kappa shape index (κ2) is 7.46. The van der Waals surface area contributed by atoms with Crippen LogP contribution in [-0.4, -0.2) is 18.4 Å². The summed E-state index contributed by atoms with van der Waals surface area (Å²) in [7, 11) is 0. The topological polar surface area (TPSA) is 58.2 Å². The van der Waals surface area contributed by atoms with Crippen molar-refractivity contribution < 1.29 is 9.59 Å². The molecule has 2 N–H and O–H groups in total. The van der Waals surface area contributed by atoms with Crippen LogP contribution < -0.4 is 10.6 Å². The van der Waals surface area contributed by atoms with Crippen molar-refractivity contribution in [3.63, 3.8) is 0 Å². The highest BCUT2D eigenvalue weighted by Crippen LogP contribution is 2.61. The standard InChI is InChI=1S/C22H29ClN2O2/c1-14(18-3-2-4-19(23)8-18)25-21(27)13-24-20(26)12-22-9-15-5-16(10-22)7-17(6-15)11-22/h2-4,8,14-17H,5-7,9-13H2,1H3,(H,24,26)(H,25,27)/t14-,15?,16?,17?,22?/m0/s1. The average molecular weight is 389 g/mol. The Bertz CT molecular complexity index is 697. The second-order valence-electron chi connectivity index (χ2n) is 9.22. The highest BCUT2D eigenvalue weighted by Gasteiger charge is 2.51. The number of amides is 2. The molecule has 4 aliphatic carbocycles. The van der Waals surface area contributed by atoms with Crippen LogP contribution >= 0.6 is 11.6 Å². The normalized spacial score (nSPS) is 32.1. The second-order valence-corrected chi connectivity index (χ2v) is 9.65. The molecule has 0 radical (unpaired) electrons. The summed E-state index contributed by atoms with van der Waals surface area (Å²) in [4.78, 5) is 24.7. The molecule has 1 atom stereocenters. The van der Waals surface area contributed by atoms with E-state index >= 15 is 0 Å². The van der Waals surface area contributed by atoms with Crippen LogP contribution in [0.4, 0.5) is 0 Å². The van der Waals surface area contributed by atoms with Crippen molar-refractivity contribution >= 4 is 23.4 Å². The molecule has 0 heterocycles. The Morgan fingerprint density at radius 3 is 2.33 bits per heavy atom. The maximum Gasteiger partial charge on any atom is 0.239 e. The van der Waals surface area contributed by atoms with Crippen molar-refractivity contribution in [2.24, 2.45) is 23.2 Å². The largest absolute Gasteiger partial charge is 0.348 e. The first-order valence-electron chi connectivity index (χ1n) is 10.2. The molecule has 5 heteroatoms. The zero-order valence-electron chi connectivity index (χ0n) is 16.0. The molecule has 27 heavy (non-hydrogen) atoms. The fourth-order valence-corrected chi connectivity index (χ4v) is 6.44. The van der Waals surface area contributed by atoms with Gasteiger partial charge in [0.25, 0.3) is 0 Å². The van der Waals surface area contributed by atoms with Gasteiger partial charge in [0.05, 0.1) is 12.6 Å². The van der Waals surface area contributed by atoms with Crippen LogP contribution in [0, 0.1) is 23.2 Å². The van der Waals surface area contributed by atoms with Crippen LogP contribution in [0.15, 0.2) is 24.3 Å². The van der Waals surface area contributed by atoms with Crippen molar-refractivity contribution in [3.8, 4) is 0 Å². The number of nitrogens with one attached hydrogen (secondary N) is 2. The van der Waals surface area contributed by atoms with E-state index in [0.29, 0.717) is 11.4 Å². The number of rotatable bonds is 6. The van der Waals surface area contributed by atoms with Crippen molar-refractivity contribution in [2.75, 3.05) is 6.54 Å². The molecule has 0 saturated heterocycles. The Kier molecular flexibility index (Phi) is 5.19. The SMILES string of the molecule is C[C@H](NC(=O)CNC(=O)CC12CC3CC(CC(C3)C1)C2)c1cccc(Cl)c1. The summed E-state index contributed by atoms with van der Waals surface area (Å²) in [6.45, 7) is 1.96. The molecule has 1 aromatic rings. The predicted molar refractivity (Wildman–Crippen MR) is 106 cm³/mol. The number of hydrogen-bond acceptors (Lipinski definition) is 2. The van der Waals surface area contributed by atoms with Crippen molar-refractivity contribution in [3.05, 3.63) is 34.9 Å². The zero-order valence-corrected chi connectivity index (χ0v) is 16.7. The first kappa shape index (κ1) is 18.8. The molecule has 0 aliphatic heterocycles. The van der Waals surface area contributed by atoms with E-state index in [4.69, 9.17) is 11.6 Å². The lowest BCUT2D eigenvalue weighted by molar-refractivity contribution is -0.132. The van der Waals surface area contributed by atoms with Gasteiger partial charge < -0.3 is 10.6 Å². The molecular formula is C22H29ClN2O2. The molecule has 2 amide bonds. The molecule has 0 unspecified atom stereocenters. The predicted octanol–water partition coefficient (Wildman–Crippen LogP) is 4.24. The Morgan fingerprint density at radius 2 is 1.74 bits per heavy atom. The minimum Gasteiger partial charge on any atom is -0.348 e. The van der Waals surface area contributed by atoms with E-state index in [1.807, 2.05) is 31.2 Å².